The van der Waals surface area contributed by atoms with Gasteiger partial charge in [0, 0.05) is 6.04 Å². The van der Waals surface area contributed by atoms with Crippen LogP contribution in [0.1, 0.15) is 52.4 Å². The first-order valence-electron chi connectivity index (χ1n) is 5.62. The van der Waals surface area contributed by atoms with Gasteiger partial charge in [0.25, 0.3) is 0 Å². The van der Waals surface area contributed by atoms with Crippen LogP contribution in [0, 0.1) is 0 Å². The molecule has 3 N–H and O–H groups in total. The zero-order valence-corrected chi connectivity index (χ0v) is 9.39. The summed E-state index contributed by atoms with van der Waals surface area (Å²) in [5.41, 5.74) is 0. The molecule has 0 aromatic heterocycles. The minimum Gasteiger partial charge on any atom is -0.344 e. The molecule has 0 aromatic rings. The molecule has 1 rings (SSSR count). The predicted octanol–water partition coefficient (Wildman–Crippen LogP) is 3.21. The lowest BCUT2D eigenvalue weighted by Crippen LogP contribution is -2.39. The van der Waals surface area contributed by atoms with Gasteiger partial charge in [0.15, 0.2) is 0 Å². The number of rotatable bonds is 4. The highest BCUT2D eigenvalue weighted by Gasteiger charge is 2.19. The van der Waals surface area contributed by atoms with Crippen molar-refractivity contribution in [3.05, 3.63) is 0 Å². The van der Waals surface area contributed by atoms with E-state index >= 15 is 0 Å². The summed E-state index contributed by atoms with van der Waals surface area (Å²) in [6, 6.07) is 0.920. The Hall–Kier alpha value is -0.0800. The molecule has 0 radical (unpaired) electrons. The fourth-order valence-electron chi connectivity index (χ4n) is 2.30. The minimum absolute atomic E-state index is 0. The van der Waals surface area contributed by atoms with Gasteiger partial charge in [0.2, 0.25) is 0 Å². The summed E-state index contributed by atoms with van der Waals surface area (Å²) in [5, 5.41) is 0. The third kappa shape index (κ3) is 4.10. The van der Waals surface area contributed by atoms with Crippen molar-refractivity contribution in [2.24, 2.45) is 0 Å². The maximum atomic E-state index is 2.70. The Morgan fingerprint density at radius 2 is 1.92 bits per heavy atom. The van der Waals surface area contributed by atoms with Crippen molar-refractivity contribution < 1.29 is 0 Å². The normalized spacial score (nSPS) is 24.0. The molecule has 0 aliphatic carbocycles. The molecule has 0 bridgehead atoms. The van der Waals surface area contributed by atoms with E-state index in [4.69, 9.17) is 0 Å². The summed E-state index contributed by atoms with van der Waals surface area (Å²) in [6.07, 6.45) is 8.43. The van der Waals surface area contributed by atoms with Crippen LogP contribution in [-0.4, -0.2) is 24.0 Å². The Morgan fingerprint density at radius 3 is 2.54 bits per heavy atom. The number of piperidine rings is 1. The van der Waals surface area contributed by atoms with Crippen molar-refractivity contribution in [2.45, 2.75) is 58.4 Å². The standard InChI is InChI=1S/C11H23N.H3N/c1-3-7-11-8-5-6-10-12(11)9-4-2;/h11H,3-10H2,1-2H3;1H3. The van der Waals surface area contributed by atoms with Gasteiger partial charge >= 0.3 is 0 Å². The zero-order chi connectivity index (χ0) is 8.81. The van der Waals surface area contributed by atoms with Crippen molar-refractivity contribution >= 4 is 0 Å². The van der Waals surface area contributed by atoms with E-state index < -0.39 is 0 Å². The molecule has 2 heteroatoms. The lowest BCUT2D eigenvalue weighted by Gasteiger charge is -2.35. The van der Waals surface area contributed by atoms with Crippen LogP contribution in [0.5, 0.6) is 0 Å². The summed E-state index contributed by atoms with van der Waals surface area (Å²) in [7, 11) is 0. The van der Waals surface area contributed by atoms with E-state index in [2.05, 4.69) is 18.7 Å². The highest BCUT2D eigenvalue weighted by molar-refractivity contribution is 4.75. The second-order valence-corrected chi connectivity index (χ2v) is 3.97. The van der Waals surface area contributed by atoms with E-state index in [-0.39, 0.29) is 6.15 Å². The van der Waals surface area contributed by atoms with Crippen molar-refractivity contribution in [3.63, 3.8) is 0 Å². The smallest absolute Gasteiger partial charge is 0.00951 e. The lowest BCUT2D eigenvalue weighted by molar-refractivity contribution is 0.140. The zero-order valence-electron chi connectivity index (χ0n) is 9.39. The lowest BCUT2D eigenvalue weighted by atomic mass is 9.98. The molecular weight excluding hydrogens is 160 g/mol. The van der Waals surface area contributed by atoms with Crippen molar-refractivity contribution in [1.29, 1.82) is 0 Å². The Bertz CT molecular complexity index is 96.7. The van der Waals surface area contributed by atoms with E-state index in [1.54, 1.807) is 0 Å². The number of nitrogens with zero attached hydrogens (tertiary/aromatic N) is 1. The predicted molar refractivity (Wildman–Crippen MR) is 59.4 cm³/mol. The summed E-state index contributed by atoms with van der Waals surface area (Å²) in [6.45, 7) is 7.28. The quantitative estimate of drug-likeness (QED) is 0.732. The van der Waals surface area contributed by atoms with Crippen LogP contribution in [-0.2, 0) is 0 Å². The van der Waals surface area contributed by atoms with Gasteiger partial charge < -0.3 is 11.1 Å². The fourth-order valence-corrected chi connectivity index (χ4v) is 2.30. The van der Waals surface area contributed by atoms with Gasteiger partial charge in [-0.15, -0.1) is 0 Å². The SMILES string of the molecule is CCCC1CCCCN1CCC.N. The first-order chi connectivity index (χ1) is 5.88. The number of hydrogen-bond donors (Lipinski definition) is 1. The summed E-state index contributed by atoms with van der Waals surface area (Å²) >= 11 is 0. The summed E-state index contributed by atoms with van der Waals surface area (Å²) < 4.78 is 0. The number of likely N-dealkylation sites (tertiary alicyclic amines) is 1. The fraction of sp³-hybridized carbons (Fsp3) is 1.00. The molecular formula is C11H26N2. The molecule has 1 unspecified atom stereocenters. The monoisotopic (exact) mass is 186 g/mol. The minimum atomic E-state index is 0. The van der Waals surface area contributed by atoms with Crippen LogP contribution >= 0.6 is 0 Å². The first kappa shape index (κ1) is 12.9. The molecule has 2 nitrogen and oxygen atoms in total. The maximum absolute atomic E-state index is 2.70. The Kier molecular flexibility index (Phi) is 7.29. The molecule has 0 amide bonds. The highest BCUT2D eigenvalue weighted by atomic mass is 15.2. The molecule has 1 aliphatic heterocycles. The summed E-state index contributed by atoms with van der Waals surface area (Å²) in [5.74, 6) is 0. The molecule has 0 aromatic carbocycles. The van der Waals surface area contributed by atoms with Crippen LogP contribution in [0.15, 0.2) is 0 Å². The van der Waals surface area contributed by atoms with Crippen molar-refractivity contribution in [1.82, 2.24) is 11.1 Å². The van der Waals surface area contributed by atoms with E-state index in [1.807, 2.05) is 0 Å². The molecule has 13 heavy (non-hydrogen) atoms. The largest absolute Gasteiger partial charge is 0.344 e. The van der Waals surface area contributed by atoms with Crippen LogP contribution in [0.3, 0.4) is 0 Å². The van der Waals surface area contributed by atoms with Gasteiger partial charge in [0.1, 0.15) is 0 Å². The molecule has 80 valence electrons. The first-order valence-corrected chi connectivity index (χ1v) is 5.62. The second kappa shape index (κ2) is 7.34. The van der Waals surface area contributed by atoms with Crippen LogP contribution in [0.2, 0.25) is 0 Å². The topological polar surface area (TPSA) is 38.2 Å². The Labute approximate surface area is 83.3 Å². The van der Waals surface area contributed by atoms with Crippen LogP contribution < -0.4 is 6.15 Å². The Morgan fingerprint density at radius 1 is 1.15 bits per heavy atom. The number of hydrogen-bond acceptors (Lipinski definition) is 2. The molecule has 1 fully saturated rings. The van der Waals surface area contributed by atoms with E-state index in [0.717, 1.165) is 6.04 Å². The van der Waals surface area contributed by atoms with E-state index in [0.29, 0.717) is 0 Å². The van der Waals surface area contributed by atoms with Gasteiger partial charge in [-0.25, -0.2) is 0 Å². The van der Waals surface area contributed by atoms with Crippen molar-refractivity contribution in [3.8, 4) is 0 Å². The maximum Gasteiger partial charge on any atom is 0.00951 e. The third-order valence-electron chi connectivity index (χ3n) is 2.88. The van der Waals surface area contributed by atoms with E-state index in [1.165, 1.54) is 51.6 Å². The molecule has 1 saturated heterocycles. The highest BCUT2D eigenvalue weighted by Crippen LogP contribution is 2.20. The average molecular weight is 186 g/mol. The molecule has 1 atom stereocenters. The summed E-state index contributed by atoms with van der Waals surface area (Å²) in [4.78, 5) is 2.70. The molecule has 1 heterocycles. The van der Waals surface area contributed by atoms with Gasteiger partial charge in [0.05, 0.1) is 0 Å². The molecule has 0 saturated carbocycles. The average Bonchev–Trinajstić information content (AvgIpc) is 2.09. The van der Waals surface area contributed by atoms with Crippen LogP contribution in [0.4, 0.5) is 0 Å². The van der Waals surface area contributed by atoms with Crippen LogP contribution in [0.25, 0.3) is 0 Å². The second-order valence-electron chi connectivity index (χ2n) is 3.97. The van der Waals surface area contributed by atoms with Gasteiger partial charge in [-0.2, -0.15) is 0 Å². The van der Waals surface area contributed by atoms with Gasteiger partial charge in [-0.1, -0.05) is 26.7 Å². The van der Waals surface area contributed by atoms with Gasteiger partial charge in [-0.05, 0) is 38.8 Å². The van der Waals surface area contributed by atoms with E-state index in [9.17, 15) is 0 Å². The van der Waals surface area contributed by atoms with Crippen molar-refractivity contribution in [2.75, 3.05) is 13.1 Å². The third-order valence-corrected chi connectivity index (χ3v) is 2.88. The molecule has 0 spiro atoms. The molecule has 1 aliphatic rings. The Balaban J connectivity index is 0.00000144. The van der Waals surface area contributed by atoms with Gasteiger partial charge in [-0.3, -0.25) is 0 Å².